The van der Waals surface area contributed by atoms with Crippen LogP contribution in [-0.2, 0) is 4.74 Å². The highest BCUT2D eigenvalue weighted by Gasteiger charge is 2.31. The molecule has 0 saturated carbocycles. The van der Waals surface area contributed by atoms with Crippen LogP contribution in [0.25, 0.3) is 17.2 Å². The van der Waals surface area contributed by atoms with Crippen LogP contribution in [0.5, 0.6) is 0 Å². The molecule has 11 heteroatoms. The molecule has 5 rings (SSSR count). The van der Waals surface area contributed by atoms with Crippen LogP contribution in [0, 0.1) is 12.7 Å². The topological polar surface area (TPSA) is 94.5 Å². The minimum atomic E-state index is -0.527. The van der Waals surface area contributed by atoms with Gasteiger partial charge in [0.05, 0.1) is 23.9 Å². The summed E-state index contributed by atoms with van der Waals surface area (Å²) in [5.41, 5.74) is 1.03. The van der Waals surface area contributed by atoms with Crippen molar-refractivity contribution in [3.63, 3.8) is 0 Å². The van der Waals surface area contributed by atoms with Gasteiger partial charge in [-0.2, -0.15) is 4.98 Å². The molecule has 0 aromatic carbocycles. The number of imidazole rings is 1. The summed E-state index contributed by atoms with van der Waals surface area (Å²) < 4.78 is 26.7. The Morgan fingerprint density at radius 2 is 2.10 bits per heavy atom. The number of pyridine rings is 1. The minimum Gasteiger partial charge on any atom is -0.362 e. The number of ether oxygens (including phenoxy) is 1. The smallest absolute Gasteiger partial charge is 0.257 e. The van der Waals surface area contributed by atoms with Gasteiger partial charge in [-0.15, -0.1) is 0 Å². The summed E-state index contributed by atoms with van der Waals surface area (Å²) in [6, 6.07) is 3.10. The van der Waals surface area contributed by atoms with Gasteiger partial charge in [0.15, 0.2) is 17.8 Å². The summed E-state index contributed by atoms with van der Waals surface area (Å²) in [6.45, 7) is 4.89. The van der Waals surface area contributed by atoms with Crippen molar-refractivity contribution in [3.8, 4) is 11.5 Å². The highest BCUT2D eigenvalue weighted by Crippen LogP contribution is 2.28. The van der Waals surface area contributed by atoms with Crippen LogP contribution in [0.4, 0.5) is 10.2 Å². The van der Waals surface area contributed by atoms with Crippen molar-refractivity contribution < 1.29 is 13.7 Å². The van der Waals surface area contributed by atoms with Crippen molar-refractivity contribution in [2.24, 2.45) is 0 Å². The molecule has 0 amide bonds. The molecule has 9 nitrogen and oxygen atoms in total. The van der Waals surface area contributed by atoms with E-state index >= 15 is 0 Å². The van der Waals surface area contributed by atoms with Crippen LogP contribution in [0.1, 0.15) is 24.7 Å². The minimum absolute atomic E-state index is 0.00222. The second-order valence-corrected chi connectivity index (χ2v) is 7.51. The Morgan fingerprint density at radius 1 is 1.23 bits per heavy atom. The van der Waals surface area contributed by atoms with Gasteiger partial charge in [0, 0.05) is 25.0 Å². The Kier molecular flexibility index (Phi) is 4.59. The number of aromatic nitrogens is 6. The number of hydrogen-bond acceptors (Lipinski definition) is 8. The van der Waals surface area contributed by atoms with Gasteiger partial charge < -0.3 is 14.2 Å². The van der Waals surface area contributed by atoms with E-state index in [1.807, 2.05) is 13.0 Å². The van der Waals surface area contributed by atoms with E-state index in [1.165, 1.54) is 12.3 Å². The molecule has 154 valence electrons. The van der Waals surface area contributed by atoms with Crippen molar-refractivity contribution >= 4 is 23.1 Å². The van der Waals surface area contributed by atoms with Crippen LogP contribution in [0.2, 0.25) is 5.02 Å². The first-order valence-electron chi connectivity index (χ1n) is 9.34. The quantitative estimate of drug-likeness (QED) is 0.490. The molecule has 0 spiro atoms. The van der Waals surface area contributed by atoms with Gasteiger partial charge in [-0.1, -0.05) is 16.8 Å². The summed E-state index contributed by atoms with van der Waals surface area (Å²) in [6.07, 6.45) is 4.32. The predicted octanol–water partition coefficient (Wildman–Crippen LogP) is 3.24. The van der Waals surface area contributed by atoms with Gasteiger partial charge in [-0.25, -0.2) is 19.3 Å². The van der Waals surface area contributed by atoms with Crippen molar-refractivity contribution in [2.45, 2.75) is 26.1 Å². The lowest BCUT2D eigenvalue weighted by atomic mass is 10.2. The fourth-order valence-corrected chi connectivity index (χ4v) is 3.66. The van der Waals surface area contributed by atoms with Crippen LogP contribution in [0.3, 0.4) is 0 Å². The zero-order valence-electron chi connectivity index (χ0n) is 16.2. The molecular formula is C19H17ClFN7O2. The second-order valence-electron chi connectivity index (χ2n) is 7.10. The molecule has 0 N–H and O–H groups in total. The lowest BCUT2D eigenvalue weighted by Gasteiger charge is -2.36. The number of aryl methyl sites for hydroxylation is 1. The predicted molar refractivity (Wildman–Crippen MR) is 106 cm³/mol. The number of anilines is 1. The van der Waals surface area contributed by atoms with E-state index in [1.54, 1.807) is 23.7 Å². The van der Waals surface area contributed by atoms with Crippen LogP contribution in [-0.4, -0.2) is 48.7 Å². The third-order valence-corrected chi connectivity index (χ3v) is 5.10. The van der Waals surface area contributed by atoms with Crippen LogP contribution < -0.4 is 4.90 Å². The van der Waals surface area contributed by atoms with Gasteiger partial charge >= 0.3 is 0 Å². The van der Waals surface area contributed by atoms with E-state index in [0.717, 1.165) is 5.82 Å². The Hall–Kier alpha value is -3.11. The number of fused-ring (bicyclic) bond motifs is 1. The fraction of sp³-hybridized carbons (Fsp3) is 0.316. The molecule has 1 aliphatic rings. The Labute approximate surface area is 175 Å². The number of rotatable bonds is 3. The van der Waals surface area contributed by atoms with E-state index < -0.39 is 5.82 Å². The van der Waals surface area contributed by atoms with E-state index in [4.69, 9.17) is 25.8 Å². The van der Waals surface area contributed by atoms with Gasteiger partial charge in [-0.3, -0.25) is 4.40 Å². The number of hydrogen-bond donors (Lipinski definition) is 0. The van der Waals surface area contributed by atoms with Crippen molar-refractivity contribution in [1.29, 1.82) is 0 Å². The fourth-order valence-electron chi connectivity index (χ4n) is 3.51. The van der Waals surface area contributed by atoms with E-state index in [0.29, 0.717) is 42.0 Å². The van der Waals surface area contributed by atoms with E-state index in [2.05, 4.69) is 25.0 Å². The zero-order valence-corrected chi connectivity index (χ0v) is 16.9. The molecule has 0 unspecified atom stereocenters. The maximum absolute atomic E-state index is 13.7. The van der Waals surface area contributed by atoms with Crippen molar-refractivity contribution in [3.05, 3.63) is 53.3 Å². The molecule has 1 saturated heterocycles. The summed E-state index contributed by atoms with van der Waals surface area (Å²) in [5, 5.41) is 3.85. The van der Waals surface area contributed by atoms with Crippen LogP contribution in [0.15, 0.2) is 35.2 Å². The summed E-state index contributed by atoms with van der Waals surface area (Å²) in [4.78, 5) is 19.7. The molecular weight excluding hydrogens is 413 g/mol. The van der Waals surface area contributed by atoms with E-state index in [9.17, 15) is 4.39 Å². The normalized spacial score (nSPS) is 19.5. The largest absolute Gasteiger partial charge is 0.362 e. The van der Waals surface area contributed by atoms with Gasteiger partial charge in [0.1, 0.15) is 23.0 Å². The Morgan fingerprint density at radius 3 is 2.90 bits per heavy atom. The average molecular weight is 430 g/mol. The van der Waals surface area contributed by atoms with Gasteiger partial charge in [0.25, 0.3) is 5.89 Å². The number of morpholine rings is 1. The summed E-state index contributed by atoms with van der Waals surface area (Å²) in [5.74, 6) is 1.65. The van der Waals surface area contributed by atoms with Crippen LogP contribution >= 0.6 is 11.6 Å². The number of halogens is 2. The standard InChI is InChI=1S/C19H17ClFN7O2/c1-10-7-27(9-15(29-10)19-24-11(2)26-30-19)16-3-4-22-18(25-16)14-6-23-17-5-13(21)12(20)8-28(14)17/h3-6,8,10,15H,7,9H2,1-2H3/t10-,15-/m1/s1. The molecule has 0 aliphatic carbocycles. The average Bonchev–Trinajstić information content (AvgIpc) is 3.34. The van der Waals surface area contributed by atoms with E-state index in [-0.39, 0.29) is 17.2 Å². The first-order valence-corrected chi connectivity index (χ1v) is 9.72. The molecule has 4 aromatic heterocycles. The summed E-state index contributed by atoms with van der Waals surface area (Å²) >= 11 is 5.94. The monoisotopic (exact) mass is 429 g/mol. The highest BCUT2D eigenvalue weighted by atomic mass is 35.5. The lowest BCUT2D eigenvalue weighted by molar-refractivity contribution is -0.0333. The van der Waals surface area contributed by atoms with Crippen molar-refractivity contribution in [2.75, 3.05) is 18.0 Å². The molecule has 30 heavy (non-hydrogen) atoms. The second kappa shape index (κ2) is 7.29. The maximum atomic E-state index is 13.7. The first kappa shape index (κ1) is 18.9. The molecule has 1 aliphatic heterocycles. The zero-order chi connectivity index (χ0) is 20.8. The third kappa shape index (κ3) is 3.37. The Bertz CT molecular complexity index is 1230. The Balaban J connectivity index is 1.48. The summed E-state index contributed by atoms with van der Waals surface area (Å²) in [7, 11) is 0. The third-order valence-electron chi connectivity index (χ3n) is 4.82. The SMILES string of the molecule is Cc1noc([C@H]2CN(c3ccnc(-c4cnc5cc(F)c(Cl)cn45)n3)C[C@@H](C)O2)n1. The molecule has 1 fully saturated rings. The lowest BCUT2D eigenvalue weighted by Crippen LogP contribution is -2.43. The first-order chi connectivity index (χ1) is 14.5. The highest BCUT2D eigenvalue weighted by molar-refractivity contribution is 6.30. The number of nitrogens with zero attached hydrogens (tertiary/aromatic N) is 7. The maximum Gasteiger partial charge on any atom is 0.257 e. The molecule has 5 heterocycles. The molecule has 2 atom stereocenters. The molecule has 0 bridgehead atoms. The van der Waals surface area contributed by atoms with Gasteiger partial charge in [-0.05, 0) is 19.9 Å². The molecule has 0 radical (unpaired) electrons. The van der Waals surface area contributed by atoms with Gasteiger partial charge in [0.2, 0.25) is 0 Å². The van der Waals surface area contributed by atoms with Crippen molar-refractivity contribution in [1.82, 2.24) is 29.5 Å². The molecule has 4 aromatic rings.